The first-order valence-electron chi connectivity index (χ1n) is 13.4. The van der Waals surface area contributed by atoms with Gasteiger partial charge in [-0.1, -0.05) is 35.9 Å². The van der Waals surface area contributed by atoms with Crippen molar-refractivity contribution in [1.29, 1.82) is 0 Å². The molecule has 0 N–H and O–H groups in total. The zero-order valence-corrected chi connectivity index (χ0v) is 23.9. The molecule has 0 fully saturated rings. The molecule has 0 amide bonds. The van der Waals surface area contributed by atoms with Crippen LogP contribution in [0.5, 0.6) is 23.0 Å². The van der Waals surface area contributed by atoms with Crippen molar-refractivity contribution in [3.8, 4) is 45.4 Å². The second-order valence-electron chi connectivity index (χ2n) is 9.81. The van der Waals surface area contributed by atoms with Gasteiger partial charge in [-0.3, -0.25) is 0 Å². The average Bonchev–Trinajstić information content (AvgIpc) is 3.28. The molecule has 208 valence electrons. The predicted octanol–water partition coefficient (Wildman–Crippen LogP) is 6.78. The molecular formula is C33H35NO6. The van der Waals surface area contributed by atoms with Crippen LogP contribution in [0.15, 0.2) is 54.6 Å². The lowest BCUT2D eigenvalue weighted by Gasteiger charge is -2.23. The Morgan fingerprint density at radius 1 is 0.850 bits per heavy atom. The average molecular weight is 542 g/mol. The van der Waals surface area contributed by atoms with Gasteiger partial charge in [0.15, 0.2) is 23.0 Å². The molecule has 7 nitrogen and oxygen atoms in total. The summed E-state index contributed by atoms with van der Waals surface area (Å²) in [4.78, 5) is 13.6. The molecule has 0 unspecified atom stereocenters. The lowest BCUT2D eigenvalue weighted by molar-refractivity contribution is 0.0528. The van der Waals surface area contributed by atoms with E-state index in [1.807, 2.05) is 44.2 Å². The van der Waals surface area contributed by atoms with Crippen molar-refractivity contribution < 1.29 is 28.5 Å². The fraction of sp³-hybridized carbons (Fsp3) is 0.303. The van der Waals surface area contributed by atoms with E-state index in [1.165, 1.54) is 5.56 Å². The van der Waals surface area contributed by atoms with Crippen LogP contribution in [0.1, 0.15) is 39.7 Å². The van der Waals surface area contributed by atoms with E-state index in [2.05, 4.69) is 35.8 Å². The van der Waals surface area contributed by atoms with Crippen LogP contribution in [0.25, 0.3) is 22.4 Å². The largest absolute Gasteiger partial charge is 0.493 e. The maximum Gasteiger partial charge on any atom is 0.340 e. The Labute approximate surface area is 235 Å². The third-order valence-corrected chi connectivity index (χ3v) is 7.44. The first kappa shape index (κ1) is 27.2. The topological polar surface area (TPSA) is 68.2 Å². The van der Waals surface area contributed by atoms with Crippen LogP contribution in [0.3, 0.4) is 0 Å². The van der Waals surface area contributed by atoms with Crippen LogP contribution >= 0.6 is 0 Å². The molecule has 1 aliphatic heterocycles. The summed E-state index contributed by atoms with van der Waals surface area (Å²) >= 11 is 0. The highest BCUT2D eigenvalue weighted by molar-refractivity contribution is 6.05. The summed E-state index contributed by atoms with van der Waals surface area (Å²) in [5.74, 6) is 2.14. The number of aryl methyl sites for hydroxylation is 2. The molecule has 0 radical (unpaired) electrons. The number of nitrogens with zero attached hydrogens (tertiary/aromatic N) is 1. The molecule has 0 atom stereocenters. The highest BCUT2D eigenvalue weighted by atomic mass is 16.5. The van der Waals surface area contributed by atoms with Crippen LogP contribution in [0.4, 0.5) is 0 Å². The number of hydrogen-bond acceptors (Lipinski definition) is 6. The molecule has 0 spiro atoms. The third kappa shape index (κ3) is 4.88. The fourth-order valence-electron chi connectivity index (χ4n) is 5.42. The van der Waals surface area contributed by atoms with Crippen LogP contribution in [-0.4, -0.2) is 38.5 Å². The summed E-state index contributed by atoms with van der Waals surface area (Å²) in [6.45, 7) is 7.34. The minimum Gasteiger partial charge on any atom is -0.493 e. The molecule has 5 rings (SSSR count). The van der Waals surface area contributed by atoms with E-state index in [9.17, 15) is 4.79 Å². The molecule has 1 aromatic heterocycles. The summed E-state index contributed by atoms with van der Waals surface area (Å²) in [6.07, 6.45) is 0.801. The Balaban J connectivity index is 1.62. The molecule has 0 saturated carbocycles. The van der Waals surface area contributed by atoms with Crippen molar-refractivity contribution in [3.05, 3.63) is 82.5 Å². The van der Waals surface area contributed by atoms with Gasteiger partial charge in [0.25, 0.3) is 0 Å². The number of ether oxygens (including phenoxy) is 5. The second-order valence-corrected chi connectivity index (χ2v) is 9.81. The van der Waals surface area contributed by atoms with E-state index in [1.54, 1.807) is 21.3 Å². The number of aromatic nitrogens is 1. The van der Waals surface area contributed by atoms with Crippen molar-refractivity contribution in [3.63, 3.8) is 0 Å². The summed E-state index contributed by atoms with van der Waals surface area (Å²) in [7, 11) is 4.87. The number of fused-ring (bicyclic) bond motifs is 3. The second kappa shape index (κ2) is 11.4. The monoisotopic (exact) mass is 541 g/mol. The smallest absolute Gasteiger partial charge is 0.340 e. The van der Waals surface area contributed by atoms with Gasteiger partial charge < -0.3 is 28.3 Å². The van der Waals surface area contributed by atoms with Gasteiger partial charge in [-0.15, -0.1) is 0 Å². The van der Waals surface area contributed by atoms with Crippen LogP contribution in [0.2, 0.25) is 0 Å². The highest BCUT2D eigenvalue weighted by Gasteiger charge is 2.32. The first-order chi connectivity index (χ1) is 19.4. The number of rotatable bonds is 9. The third-order valence-electron chi connectivity index (χ3n) is 7.44. The maximum atomic E-state index is 13.6. The van der Waals surface area contributed by atoms with Crippen molar-refractivity contribution in [2.75, 3.05) is 27.9 Å². The van der Waals surface area contributed by atoms with E-state index >= 15 is 0 Å². The van der Waals surface area contributed by atoms with Crippen molar-refractivity contribution in [2.24, 2.45) is 0 Å². The van der Waals surface area contributed by atoms with Gasteiger partial charge in [0.1, 0.15) is 6.61 Å². The number of hydrogen-bond donors (Lipinski definition) is 0. The SMILES string of the molecule is CCOC(=O)c1c(-c2ccc(OCc3ccc(C)cc3)c(OC)c2)c(C)n2c1-c1cc(OC)c(OC)cc1CC2. The zero-order chi connectivity index (χ0) is 28.4. The molecule has 0 saturated heterocycles. The Kier molecular flexibility index (Phi) is 7.74. The summed E-state index contributed by atoms with van der Waals surface area (Å²) < 4.78 is 30.8. The molecular weight excluding hydrogens is 506 g/mol. The van der Waals surface area contributed by atoms with Crippen LogP contribution < -0.4 is 18.9 Å². The lowest BCUT2D eigenvalue weighted by Crippen LogP contribution is -2.15. The van der Waals surface area contributed by atoms with E-state index in [0.717, 1.165) is 52.2 Å². The van der Waals surface area contributed by atoms with Gasteiger partial charge in [-0.25, -0.2) is 4.79 Å². The van der Waals surface area contributed by atoms with Crippen molar-refractivity contribution in [1.82, 2.24) is 4.57 Å². The van der Waals surface area contributed by atoms with Crippen molar-refractivity contribution >= 4 is 5.97 Å². The molecule has 1 aliphatic rings. The van der Waals surface area contributed by atoms with Gasteiger partial charge in [0.05, 0.1) is 39.2 Å². The Bertz CT molecular complexity index is 1550. The molecule has 40 heavy (non-hydrogen) atoms. The van der Waals surface area contributed by atoms with Gasteiger partial charge in [-0.2, -0.15) is 0 Å². The Morgan fingerprint density at radius 2 is 1.52 bits per heavy atom. The highest BCUT2D eigenvalue weighted by Crippen LogP contribution is 2.46. The van der Waals surface area contributed by atoms with Crippen LogP contribution in [0, 0.1) is 13.8 Å². The lowest BCUT2D eigenvalue weighted by atomic mass is 9.93. The van der Waals surface area contributed by atoms with Crippen LogP contribution in [-0.2, 0) is 24.3 Å². The van der Waals surface area contributed by atoms with Gasteiger partial charge in [-0.05, 0) is 68.1 Å². The summed E-state index contributed by atoms with van der Waals surface area (Å²) in [5, 5.41) is 0. The van der Waals surface area contributed by atoms with E-state index in [-0.39, 0.29) is 12.6 Å². The molecule has 4 aromatic rings. The van der Waals surface area contributed by atoms with Gasteiger partial charge in [0.2, 0.25) is 0 Å². The molecule has 0 aliphatic carbocycles. The Hall–Kier alpha value is -4.39. The molecule has 2 heterocycles. The number of esters is 1. The Morgan fingerprint density at radius 3 is 2.20 bits per heavy atom. The standard InChI is InChI=1S/C33H35NO6/c1-7-39-33(35)31-30(21(3)34-15-14-23-16-28(37-5)29(38-6)18-25(23)32(31)34)24-12-13-26(27(17-24)36-4)40-19-22-10-8-20(2)9-11-22/h8-13,16-18H,7,14-15,19H2,1-6H3. The maximum absolute atomic E-state index is 13.6. The van der Waals surface area contributed by atoms with Gasteiger partial charge >= 0.3 is 5.97 Å². The quantitative estimate of drug-likeness (QED) is 0.218. The fourth-order valence-corrected chi connectivity index (χ4v) is 5.42. The predicted molar refractivity (Wildman–Crippen MR) is 155 cm³/mol. The normalized spacial score (nSPS) is 11.8. The zero-order valence-electron chi connectivity index (χ0n) is 23.9. The number of methoxy groups -OCH3 is 3. The minimum absolute atomic E-state index is 0.274. The van der Waals surface area contributed by atoms with E-state index in [0.29, 0.717) is 35.2 Å². The summed E-state index contributed by atoms with van der Waals surface area (Å²) in [5.41, 5.74) is 8.31. The summed E-state index contributed by atoms with van der Waals surface area (Å²) in [6, 6.07) is 18.0. The minimum atomic E-state index is -0.365. The number of carbonyl (C=O) groups excluding carboxylic acids is 1. The number of carbonyl (C=O) groups is 1. The van der Waals surface area contributed by atoms with Crippen molar-refractivity contribution in [2.45, 2.75) is 40.3 Å². The van der Waals surface area contributed by atoms with E-state index in [4.69, 9.17) is 23.7 Å². The first-order valence-corrected chi connectivity index (χ1v) is 13.4. The van der Waals surface area contributed by atoms with E-state index < -0.39 is 0 Å². The molecule has 3 aromatic carbocycles. The number of benzene rings is 3. The molecule has 0 bridgehead atoms. The van der Waals surface area contributed by atoms with Gasteiger partial charge in [0, 0.05) is 23.4 Å². The molecule has 7 heteroatoms.